The average Bonchev–Trinajstić information content (AvgIpc) is 2.87. The van der Waals surface area contributed by atoms with Gasteiger partial charge in [-0.05, 0) is 25.0 Å². The second-order valence-corrected chi connectivity index (χ2v) is 5.36. The minimum Gasteiger partial charge on any atom is -0.394 e. The Morgan fingerprint density at radius 2 is 2.05 bits per heavy atom. The number of hydrogen-bond donors (Lipinski definition) is 2. The summed E-state index contributed by atoms with van der Waals surface area (Å²) < 4.78 is 1.85. The molecule has 0 saturated heterocycles. The van der Waals surface area contributed by atoms with Crippen molar-refractivity contribution in [3.05, 3.63) is 30.6 Å². The molecule has 0 spiro atoms. The van der Waals surface area contributed by atoms with E-state index in [4.69, 9.17) is 0 Å². The van der Waals surface area contributed by atoms with Gasteiger partial charge >= 0.3 is 0 Å². The lowest BCUT2D eigenvalue weighted by Gasteiger charge is -2.23. The van der Waals surface area contributed by atoms with Crippen molar-refractivity contribution in [2.24, 2.45) is 5.92 Å². The quantitative estimate of drug-likeness (QED) is 0.873. The van der Waals surface area contributed by atoms with Crippen LogP contribution in [0, 0.1) is 5.92 Å². The maximum absolute atomic E-state index is 12.3. The average molecular weight is 275 g/mol. The van der Waals surface area contributed by atoms with Crippen molar-refractivity contribution < 1.29 is 9.90 Å². The Balaban J connectivity index is 2.18. The monoisotopic (exact) mass is 275 g/mol. The Morgan fingerprint density at radius 1 is 1.35 bits per heavy atom. The smallest absolute Gasteiger partial charge is 0.243 e. The lowest BCUT2D eigenvalue weighted by atomic mass is 10.1. The van der Waals surface area contributed by atoms with Gasteiger partial charge in [-0.1, -0.05) is 26.0 Å². The molecule has 2 atom stereocenters. The van der Waals surface area contributed by atoms with Gasteiger partial charge in [-0.2, -0.15) is 0 Å². The first-order valence-corrected chi connectivity index (χ1v) is 6.87. The van der Waals surface area contributed by atoms with Crippen LogP contribution >= 0.6 is 0 Å². The van der Waals surface area contributed by atoms with Gasteiger partial charge in [0.1, 0.15) is 6.04 Å². The van der Waals surface area contributed by atoms with E-state index in [1.165, 1.54) is 0 Å². The summed E-state index contributed by atoms with van der Waals surface area (Å²) >= 11 is 0. The number of para-hydroxylation sites is 2. The van der Waals surface area contributed by atoms with Crippen molar-refractivity contribution >= 4 is 16.9 Å². The van der Waals surface area contributed by atoms with E-state index in [2.05, 4.69) is 10.3 Å². The van der Waals surface area contributed by atoms with Crippen molar-refractivity contribution in [3.8, 4) is 0 Å². The summed E-state index contributed by atoms with van der Waals surface area (Å²) in [5.74, 6) is 0.0802. The SMILES string of the molecule is CC(C)C(CO)NC(=O)C(C)n1cnc2ccccc21. The molecule has 1 heterocycles. The first-order valence-electron chi connectivity index (χ1n) is 6.87. The van der Waals surface area contributed by atoms with E-state index >= 15 is 0 Å². The van der Waals surface area contributed by atoms with Gasteiger partial charge in [0.2, 0.25) is 5.91 Å². The molecule has 5 heteroatoms. The molecule has 2 unspecified atom stereocenters. The predicted molar refractivity (Wildman–Crippen MR) is 78.3 cm³/mol. The van der Waals surface area contributed by atoms with Crippen molar-refractivity contribution in [2.75, 3.05) is 6.61 Å². The summed E-state index contributed by atoms with van der Waals surface area (Å²) in [5.41, 5.74) is 1.80. The van der Waals surface area contributed by atoms with E-state index in [1.807, 2.05) is 49.6 Å². The van der Waals surface area contributed by atoms with Crippen LogP contribution in [0.1, 0.15) is 26.8 Å². The molecular weight excluding hydrogens is 254 g/mol. The predicted octanol–water partition coefficient (Wildman–Crippen LogP) is 1.73. The summed E-state index contributed by atoms with van der Waals surface area (Å²) in [7, 11) is 0. The Morgan fingerprint density at radius 3 is 2.70 bits per heavy atom. The minimum atomic E-state index is -0.366. The van der Waals surface area contributed by atoms with E-state index in [9.17, 15) is 9.90 Å². The Labute approximate surface area is 118 Å². The lowest BCUT2D eigenvalue weighted by Crippen LogP contribution is -2.43. The minimum absolute atomic E-state index is 0.0548. The van der Waals surface area contributed by atoms with Crippen LogP contribution in [0.5, 0.6) is 0 Å². The van der Waals surface area contributed by atoms with E-state index < -0.39 is 0 Å². The zero-order valence-corrected chi connectivity index (χ0v) is 12.1. The van der Waals surface area contributed by atoms with Crippen LogP contribution in [0.15, 0.2) is 30.6 Å². The molecule has 0 bridgehead atoms. The molecule has 2 N–H and O–H groups in total. The fourth-order valence-electron chi connectivity index (χ4n) is 2.14. The third-order valence-electron chi connectivity index (χ3n) is 3.61. The molecule has 2 aromatic rings. The molecule has 0 radical (unpaired) electrons. The molecule has 0 fully saturated rings. The fraction of sp³-hybridized carbons (Fsp3) is 0.467. The highest BCUT2D eigenvalue weighted by Crippen LogP contribution is 2.17. The molecule has 108 valence electrons. The van der Waals surface area contributed by atoms with E-state index in [1.54, 1.807) is 6.33 Å². The standard InChI is InChI=1S/C15H21N3O2/c1-10(2)13(8-19)17-15(20)11(3)18-9-16-12-6-4-5-7-14(12)18/h4-7,9-11,13,19H,8H2,1-3H3,(H,17,20). The zero-order chi connectivity index (χ0) is 14.7. The fourth-order valence-corrected chi connectivity index (χ4v) is 2.14. The number of carbonyl (C=O) groups excluding carboxylic acids is 1. The first-order chi connectivity index (χ1) is 9.54. The number of nitrogens with zero attached hydrogens (tertiary/aromatic N) is 2. The maximum atomic E-state index is 12.3. The van der Waals surface area contributed by atoms with Gasteiger partial charge in [0.05, 0.1) is 30.0 Å². The van der Waals surface area contributed by atoms with Gasteiger partial charge in [0, 0.05) is 0 Å². The second-order valence-electron chi connectivity index (χ2n) is 5.36. The third kappa shape index (κ3) is 2.82. The number of amides is 1. The van der Waals surface area contributed by atoms with Gasteiger partial charge < -0.3 is 15.0 Å². The van der Waals surface area contributed by atoms with Crippen molar-refractivity contribution in [3.63, 3.8) is 0 Å². The molecule has 0 aliphatic heterocycles. The number of fused-ring (bicyclic) bond motifs is 1. The van der Waals surface area contributed by atoms with Gasteiger partial charge in [-0.3, -0.25) is 4.79 Å². The van der Waals surface area contributed by atoms with Crippen molar-refractivity contribution in [1.82, 2.24) is 14.9 Å². The molecule has 0 saturated carbocycles. The lowest BCUT2D eigenvalue weighted by molar-refractivity contribution is -0.125. The molecule has 1 amide bonds. The summed E-state index contributed by atoms with van der Waals surface area (Å²) in [6, 6.07) is 7.12. The summed E-state index contributed by atoms with van der Waals surface area (Å²) in [6.07, 6.45) is 1.68. The van der Waals surface area contributed by atoms with Crippen LogP contribution in [0.3, 0.4) is 0 Å². The van der Waals surface area contributed by atoms with Crippen molar-refractivity contribution in [1.29, 1.82) is 0 Å². The molecule has 2 rings (SSSR count). The van der Waals surface area contributed by atoms with Crippen LogP contribution in [-0.2, 0) is 4.79 Å². The van der Waals surface area contributed by atoms with Crippen molar-refractivity contribution in [2.45, 2.75) is 32.9 Å². The first kappa shape index (κ1) is 14.5. The highest BCUT2D eigenvalue weighted by Gasteiger charge is 2.21. The van der Waals surface area contributed by atoms with Gasteiger partial charge in [-0.25, -0.2) is 4.98 Å². The van der Waals surface area contributed by atoms with E-state index in [0.29, 0.717) is 0 Å². The summed E-state index contributed by atoms with van der Waals surface area (Å²) in [5, 5.41) is 12.2. The molecule has 1 aromatic heterocycles. The number of imidazole rings is 1. The van der Waals surface area contributed by atoms with Crippen LogP contribution in [0.4, 0.5) is 0 Å². The highest BCUT2D eigenvalue weighted by molar-refractivity contribution is 5.83. The summed E-state index contributed by atoms with van der Waals surface area (Å²) in [6.45, 7) is 5.72. The number of hydrogen-bond acceptors (Lipinski definition) is 3. The molecule has 5 nitrogen and oxygen atoms in total. The number of aliphatic hydroxyl groups is 1. The Bertz CT molecular complexity index is 592. The number of benzene rings is 1. The number of nitrogens with one attached hydrogen (secondary N) is 1. The van der Waals surface area contributed by atoms with Gasteiger partial charge in [0.15, 0.2) is 0 Å². The van der Waals surface area contributed by atoms with E-state index in [0.717, 1.165) is 11.0 Å². The molecule has 0 aliphatic carbocycles. The van der Waals surface area contributed by atoms with Crippen LogP contribution < -0.4 is 5.32 Å². The molecule has 1 aromatic carbocycles. The third-order valence-corrected chi connectivity index (χ3v) is 3.61. The molecular formula is C15H21N3O2. The van der Waals surface area contributed by atoms with Gasteiger partial charge in [0.25, 0.3) is 0 Å². The normalized spacial score (nSPS) is 14.4. The van der Waals surface area contributed by atoms with Gasteiger partial charge in [-0.15, -0.1) is 0 Å². The second kappa shape index (κ2) is 6.05. The zero-order valence-electron chi connectivity index (χ0n) is 12.1. The number of aromatic nitrogens is 2. The van der Waals surface area contributed by atoms with Crippen LogP contribution in [0.2, 0.25) is 0 Å². The number of aliphatic hydroxyl groups excluding tert-OH is 1. The maximum Gasteiger partial charge on any atom is 0.243 e. The number of rotatable bonds is 5. The molecule has 20 heavy (non-hydrogen) atoms. The molecule has 0 aliphatic rings. The largest absolute Gasteiger partial charge is 0.394 e. The Hall–Kier alpha value is -1.88. The van der Waals surface area contributed by atoms with Crippen LogP contribution in [0.25, 0.3) is 11.0 Å². The van der Waals surface area contributed by atoms with Crippen LogP contribution in [-0.4, -0.2) is 33.2 Å². The number of carbonyl (C=O) groups is 1. The summed E-state index contributed by atoms with van der Waals surface area (Å²) in [4.78, 5) is 16.6. The van der Waals surface area contributed by atoms with E-state index in [-0.39, 0.29) is 30.5 Å². The highest BCUT2D eigenvalue weighted by atomic mass is 16.3. The Kier molecular flexibility index (Phi) is 4.39. The topological polar surface area (TPSA) is 67.2 Å².